The summed E-state index contributed by atoms with van der Waals surface area (Å²) in [6.07, 6.45) is 5.97. The smallest absolute Gasteiger partial charge is 0.262 e. The Kier molecular flexibility index (Phi) is 7.04. The van der Waals surface area contributed by atoms with Crippen LogP contribution in [0.4, 0.5) is 0 Å². The molecule has 35 heavy (non-hydrogen) atoms. The van der Waals surface area contributed by atoms with Crippen LogP contribution < -0.4 is 10.1 Å². The number of halogens is 1. The third kappa shape index (κ3) is 4.79. The quantitative estimate of drug-likeness (QED) is 0.585. The molecule has 2 saturated heterocycles. The molecule has 3 fully saturated rings. The molecule has 1 aliphatic carbocycles. The molecule has 0 bridgehead atoms. The molecular formula is C24H27ClN4O5S. The van der Waals surface area contributed by atoms with Crippen LogP contribution in [0, 0.1) is 5.92 Å². The monoisotopic (exact) mass is 518 g/mol. The van der Waals surface area contributed by atoms with Crippen LogP contribution in [0.25, 0.3) is 10.4 Å². The average Bonchev–Trinajstić information content (AvgIpc) is 3.61. The second-order valence-electron chi connectivity index (χ2n) is 9.19. The van der Waals surface area contributed by atoms with E-state index >= 15 is 0 Å². The molecule has 0 unspecified atom stereocenters. The molecule has 9 nitrogen and oxygen atoms in total. The first-order valence-electron chi connectivity index (χ1n) is 11.8. The van der Waals surface area contributed by atoms with Crippen molar-refractivity contribution in [3.63, 3.8) is 0 Å². The Bertz CT molecular complexity index is 1120. The maximum Gasteiger partial charge on any atom is 0.262 e. The van der Waals surface area contributed by atoms with Crippen LogP contribution in [0.2, 0.25) is 0 Å². The van der Waals surface area contributed by atoms with E-state index in [2.05, 4.69) is 15.5 Å². The number of fused-ring (bicyclic) bond motifs is 1. The number of hydrogen-bond donors (Lipinski definition) is 1. The van der Waals surface area contributed by atoms with Crippen molar-refractivity contribution in [2.45, 2.75) is 55.7 Å². The van der Waals surface area contributed by atoms with Gasteiger partial charge in [-0.2, -0.15) is 5.10 Å². The van der Waals surface area contributed by atoms with Gasteiger partial charge in [0.1, 0.15) is 24.8 Å². The molecule has 4 heterocycles. The molecule has 0 aromatic carbocycles. The molecule has 2 amide bonds. The number of aromatic nitrogens is 2. The second kappa shape index (κ2) is 10.2. The number of rotatable bonds is 6. The molecule has 11 heteroatoms. The van der Waals surface area contributed by atoms with Gasteiger partial charge in [0.2, 0.25) is 11.8 Å². The van der Waals surface area contributed by atoms with Gasteiger partial charge in [-0.05, 0) is 30.9 Å². The Balaban J connectivity index is 1.36. The Morgan fingerprint density at radius 1 is 1.29 bits per heavy atom. The summed E-state index contributed by atoms with van der Waals surface area (Å²) in [5.74, 6) is -0.298. The maximum atomic E-state index is 13.8. The zero-order chi connectivity index (χ0) is 24.5. The SMILES string of the molecule is COc1cc(-c2ccc(C(=O)N[C@H](C(=O)N3C[C@H](Cl)[C@H]4OCC(=O)[C@H]43)C3CCCCC3)s2)cnn1. The lowest BCUT2D eigenvalue weighted by Crippen LogP contribution is -2.55. The largest absolute Gasteiger partial charge is 0.480 e. The number of carbonyl (C=O) groups is 3. The van der Waals surface area contributed by atoms with Gasteiger partial charge in [-0.15, -0.1) is 28.0 Å². The van der Waals surface area contributed by atoms with Crippen molar-refractivity contribution >= 4 is 40.5 Å². The number of Topliss-reactive ketones (excluding diaryl/α,β-unsaturated/α-hetero) is 1. The third-order valence-electron chi connectivity index (χ3n) is 7.03. The fourth-order valence-corrected chi connectivity index (χ4v) is 6.51. The topological polar surface area (TPSA) is 111 Å². The molecule has 2 aromatic rings. The normalized spacial score (nSPS) is 25.4. The van der Waals surface area contributed by atoms with Gasteiger partial charge in [0.25, 0.3) is 5.91 Å². The first kappa shape index (κ1) is 24.1. The van der Waals surface area contributed by atoms with Crippen LogP contribution >= 0.6 is 22.9 Å². The summed E-state index contributed by atoms with van der Waals surface area (Å²) in [5.41, 5.74) is 0.789. The molecule has 2 aliphatic heterocycles. The lowest BCUT2D eigenvalue weighted by atomic mass is 9.83. The first-order chi connectivity index (χ1) is 17.0. The molecule has 2 aromatic heterocycles. The van der Waals surface area contributed by atoms with Gasteiger partial charge in [-0.3, -0.25) is 14.4 Å². The molecule has 5 rings (SSSR count). The van der Waals surface area contributed by atoms with Crippen LogP contribution in [0.3, 0.4) is 0 Å². The lowest BCUT2D eigenvalue weighted by molar-refractivity contribution is -0.139. The molecule has 0 radical (unpaired) electrons. The highest BCUT2D eigenvalue weighted by molar-refractivity contribution is 7.17. The molecule has 186 valence electrons. The van der Waals surface area contributed by atoms with E-state index in [0.717, 1.165) is 42.5 Å². The fourth-order valence-electron chi connectivity index (χ4n) is 5.26. The van der Waals surface area contributed by atoms with E-state index in [1.165, 1.54) is 23.3 Å². The van der Waals surface area contributed by atoms with Crippen LogP contribution in [-0.2, 0) is 14.3 Å². The van der Waals surface area contributed by atoms with Crippen LogP contribution in [-0.4, -0.2) is 76.5 Å². The zero-order valence-corrected chi connectivity index (χ0v) is 20.9. The predicted molar refractivity (Wildman–Crippen MR) is 130 cm³/mol. The molecule has 0 spiro atoms. The van der Waals surface area contributed by atoms with E-state index in [-0.39, 0.29) is 36.7 Å². The number of ketones is 1. The highest BCUT2D eigenvalue weighted by Crippen LogP contribution is 2.34. The van der Waals surface area contributed by atoms with Crippen LogP contribution in [0.1, 0.15) is 41.8 Å². The van der Waals surface area contributed by atoms with Crippen LogP contribution in [0.5, 0.6) is 5.88 Å². The third-order valence-corrected chi connectivity index (χ3v) is 8.55. The zero-order valence-electron chi connectivity index (χ0n) is 19.3. The van der Waals surface area contributed by atoms with E-state index in [4.69, 9.17) is 21.1 Å². The number of nitrogens with one attached hydrogen (secondary N) is 1. The molecule has 3 aliphatic rings. The first-order valence-corrected chi connectivity index (χ1v) is 13.1. The van der Waals surface area contributed by atoms with Crippen molar-refractivity contribution in [1.82, 2.24) is 20.4 Å². The van der Waals surface area contributed by atoms with Gasteiger partial charge < -0.3 is 19.7 Å². The van der Waals surface area contributed by atoms with Gasteiger partial charge >= 0.3 is 0 Å². The lowest BCUT2D eigenvalue weighted by Gasteiger charge is -2.34. The summed E-state index contributed by atoms with van der Waals surface area (Å²) in [5, 5.41) is 10.4. The van der Waals surface area contributed by atoms with Crippen molar-refractivity contribution in [2.75, 3.05) is 20.3 Å². The van der Waals surface area contributed by atoms with Gasteiger partial charge in [0.15, 0.2) is 5.78 Å². The predicted octanol–water partition coefficient (Wildman–Crippen LogP) is 2.68. The summed E-state index contributed by atoms with van der Waals surface area (Å²) in [6, 6.07) is 3.94. The molecular weight excluding hydrogens is 492 g/mol. The van der Waals surface area contributed by atoms with Crippen molar-refractivity contribution in [3.8, 4) is 16.3 Å². The number of carbonyl (C=O) groups excluding carboxylic acids is 3. The standard InChI is InChI=1S/C24H27ClN4O5S/c1-33-19-9-14(10-26-28-19)17-7-8-18(35-17)23(31)27-20(13-5-3-2-4-6-13)24(32)29-11-15(25)22-21(29)16(30)12-34-22/h7-10,13,15,20-22H,2-6,11-12H2,1H3,(H,27,31)/t15-,20-,21+,22+/m0/s1. The summed E-state index contributed by atoms with van der Waals surface area (Å²) >= 11 is 7.72. The molecule has 4 atom stereocenters. The minimum atomic E-state index is -0.716. The van der Waals surface area contributed by atoms with Gasteiger partial charge in [0.05, 0.1) is 23.6 Å². The van der Waals surface area contributed by atoms with Crippen molar-refractivity contribution in [1.29, 1.82) is 0 Å². The van der Waals surface area contributed by atoms with Crippen molar-refractivity contribution in [2.24, 2.45) is 5.92 Å². The van der Waals surface area contributed by atoms with Crippen LogP contribution in [0.15, 0.2) is 24.4 Å². The van der Waals surface area contributed by atoms with E-state index in [9.17, 15) is 14.4 Å². The van der Waals surface area contributed by atoms with Crippen molar-refractivity contribution < 1.29 is 23.9 Å². The number of ether oxygens (including phenoxy) is 2. The minimum Gasteiger partial charge on any atom is -0.480 e. The van der Waals surface area contributed by atoms with Crippen molar-refractivity contribution in [3.05, 3.63) is 29.3 Å². The highest BCUT2D eigenvalue weighted by atomic mass is 35.5. The Morgan fingerprint density at radius 3 is 2.86 bits per heavy atom. The minimum absolute atomic E-state index is 0.0125. The van der Waals surface area contributed by atoms with Gasteiger partial charge in [-0.1, -0.05) is 19.3 Å². The second-order valence-corrected chi connectivity index (χ2v) is 10.8. The van der Waals surface area contributed by atoms with E-state index in [1.54, 1.807) is 18.3 Å². The Hall–Kier alpha value is -2.56. The number of nitrogens with zero attached hydrogens (tertiary/aromatic N) is 3. The van der Waals surface area contributed by atoms with E-state index in [0.29, 0.717) is 10.8 Å². The number of alkyl halides is 1. The van der Waals surface area contributed by atoms with E-state index in [1.807, 2.05) is 6.07 Å². The summed E-state index contributed by atoms with van der Waals surface area (Å²) in [6.45, 7) is 0.204. The number of methoxy groups -OCH3 is 1. The summed E-state index contributed by atoms with van der Waals surface area (Å²) in [4.78, 5) is 42.4. The Morgan fingerprint density at radius 2 is 2.09 bits per heavy atom. The highest BCUT2D eigenvalue weighted by Gasteiger charge is 2.53. The molecule has 1 saturated carbocycles. The fraction of sp³-hybridized carbons (Fsp3) is 0.542. The Labute approximate surface area is 212 Å². The van der Waals surface area contributed by atoms with Gasteiger partial charge in [-0.25, -0.2) is 0 Å². The summed E-state index contributed by atoms with van der Waals surface area (Å²) in [7, 11) is 1.52. The number of hydrogen-bond acceptors (Lipinski definition) is 8. The number of likely N-dealkylation sites (tertiary alicyclic amines) is 1. The number of amides is 2. The maximum absolute atomic E-state index is 13.8. The summed E-state index contributed by atoms with van der Waals surface area (Å²) < 4.78 is 10.7. The van der Waals surface area contributed by atoms with Gasteiger partial charge in [0, 0.05) is 23.1 Å². The number of thiophene rings is 1. The molecule has 1 N–H and O–H groups in total. The van der Waals surface area contributed by atoms with E-state index < -0.39 is 23.6 Å². The average molecular weight is 519 g/mol.